The van der Waals surface area contributed by atoms with Gasteiger partial charge in [-0.2, -0.15) is 0 Å². The van der Waals surface area contributed by atoms with Gasteiger partial charge >= 0.3 is 0 Å². The van der Waals surface area contributed by atoms with E-state index < -0.39 is 0 Å². The minimum absolute atomic E-state index is 0.112. The normalized spacial score (nSPS) is 10.8. The molecule has 8 heteroatoms. The Kier molecular flexibility index (Phi) is 7.56. The third-order valence-electron chi connectivity index (χ3n) is 3.92. The number of aromatic nitrogens is 2. The molecule has 0 saturated heterocycles. The van der Waals surface area contributed by atoms with E-state index in [1.165, 1.54) is 11.8 Å². The molecule has 1 amide bonds. The van der Waals surface area contributed by atoms with Crippen LogP contribution in [-0.2, 0) is 16.1 Å². The molecular formula is C20H19BrClN3O2S. The van der Waals surface area contributed by atoms with Gasteiger partial charge in [-0.1, -0.05) is 57.5 Å². The van der Waals surface area contributed by atoms with Crippen molar-refractivity contribution in [1.82, 2.24) is 9.55 Å². The summed E-state index contributed by atoms with van der Waals surface area (Å²) in [7, 11) is 1.67. The summed E-state index contributed by atoms with van der Waals surface area (Å²) < 4.78 is 8.33. The van der Waals surface area contributed by atoms with E-state index in [-0.39, 0.29) is 11.7 Å². The second-order valence-corrected chi connectivity index (χ2v) is 8.22. The van der Waals surface area contributed by atoms with Crippen LogP contribution in [-0.4, -0.2) is 34.9 Å². The maximum atomic E-state index is 12.3. The van der Waals surface area contributed by atoms with Gasteiger partial charge in [0.2, 0.25) is 5.91 Å². The summed E-state index contributed by atoms with van der Waals surface area (Å²) >= 11 is 10.8. The molecule has 0 aliphatic rings. The second kappa shape index (κ2) is 10.1. The Balaban J connectivity index is 1.72. The number of carbonyl (C=O) groups excluding carboxylic acids is 1. The van der Waals surface area contributed by atoms with E-state index in [9.17, 15) is 4.79 Å². The van der Waals surface area contributed by atoms with E-state index in [2.05, 4.69) is 30.8 Å². The van der Waals surface area contributed by atoms with Gasteiger partial charge < -0.3 is 14.6 Å². The number of methoxy groups -OCH3 is 1. The number of halogens is 2. The number of hydrogen-bond acceptors (Lipinski definition) is 4. The zero-order valence-corrected chi connectivity index (χ0v) is 18.4. The van der Waals surface area contributed by atoms with Crippen LogP contribution in [0.2, 0.25) is 5.02 Å². The molecule has 1 N–H and O–H groups in total. The van der Waals surface area contributed by atoms with Gasteiger partial charge in [-0.25, -0.2) is 4.98 Å². The van der Waals surface area contributed by atoms with Gasteiger partial charge in [0, 0.05) is 28.8 Å². The fraction of sp³-hybridized carbons (Fsp3) is 0.200. The lowest BCUT2D eigenvalue weighted by molar-refractivity contribution is -0.113. The monoisotopic (exact) mass is 479 g/mol. The predicted molar refractivity (Wildman–Crippen MR) is 118 cm³/mol. The number of hydrogen-bond donors (Lipinski definition) is 1. The molecule has 1 aromatic heterocycles. The Morgan fingerprint density at radius 1 is 1.29 bits per heavy atom. The molecule has 5 nitrogen and oxygen atoms in total. The van der Waals surface area contributed by atoms with Gasteiger partial charge in [0.1, 0.15) is 0 Å². The molecule has 0 fully saturated rings. The number of imidazole rings is 1. The van der Waals surface area contributed by atoms with Crippen molar-refractivity contribution in [1.29, 1.82) is 0 Å². The lowest BCUT2D eigenvalue weighted by Crippen LogP contribution is -2.15. The summed E-state index contributed by atoms with van der Waals surface area (Å²) in [5.41, 5.74) is 2.72. The first kappa shape index (κ1) is 20.9. The largest absolute Gasteiger partial charge is 0.383 e. The number of rotatable bonds is 8. The number of anilines is 1. The van der Waals surface area contributed by atoms with E-state index in [1.54, 1.807) is 31.4 Å². The van der Waals surface area contributed by atoms with Crippen molar-refractivity contribution in [3.8, 4) is 11.3 Å². The zero-order valence-electron chi connectivity index (χ0n) is 15.2. The molecule has 0 radical (unpaired) electrons. The molecule has 0 saturated carbocycles. The Labute approximate surface area is 181 Å². The van der Waals surface area contributed by atoms with Crippen molar-refractivity contribution < 1.29 is 9.53 Å². The van der Waals surface area contributed by atoms with Crippen LogP contribution in [0.25, 0.3) is 11.3 Å². The number of nitrogens with one attached hydrogen (secondary N) is 1. The molecule has 0 aliphatic carbocycles. The maximum Gasteiger partial charge on any atom is 0.234 e. The highest BCUT2D eigenvalue weighted by molar-refractivity contribution is 9.10. The standard InChI is InChI=1S/C20H19BrClN3O2S/c1-27-10-9-25-18(14-5-7-15(21)8-6-14)12-23-20(25)28-13-19(26)24-17-4-2-3-16(22)11-17/h2-8,11-12H,9-10,13H2,1H3,(H,24,26). The maximum absolute atomic E-state index is 12.3. The summed E-state index contributed by atoms with van der Waals surface area (Å²) in [5, 5.41) is 4.21. The van der Waals surface area contributed by atoms with Crippen LogP contribution >= 0.6 is 39.3 Å². The fourth-order valence-electron chi connectivity index (χ4n) is 2.62. The van der Waals surface area contributed by atoms with E-state index in [1.807, 2.05) is 30.5 Å². The quantitative estimate of drug-likeness (QED) is 0.442. The molecular weight excluding hydrogens is 462 g/mol. The van der Waals surface area contributed by atoms with Crippen molar-refractivity contribution in [3.05, 3.63) is 64.2 Å². The van der Waals surface area contributed by atoms with Crippen LogP contribution < -0.4 is 5.32 Å². The first-order chi connectivity index (χ1) is 13.6. The minimum Gasteiger partial charge on any atom is -0.383 e. The summed E-state index contributed by atoms with van der Waals surface area (Å²) in [6.45, 7) is 1.21. The topological polar surface area (TPSA) is 56.2 Å². The van der Waals surface area contributed by atoms with Gasteiger partial charge in [-0.3, -0.25) is 4.79 Å². The van der Waals surface area contributed by atoms with Gasteiger partial charge in [-0.15, -0.1) is 0 Å². The van der Waals surface area contributed by atoms with Crippen LogP contribution in [0.1, 0.15) is 0 Å². The summed E-state index contributed by atoms with van der Waals surface area (Å²) in [5.74, 6) is 0.134. The Bertz CT molecular complexity index is 947. The number of amides is 1. The number of ether oxygens (including phenoxy) is 1. The van der Waals surface area contributed by atoms with Crippen molar-refractivity contribution in [3.63, 3.8) is 0 Å². The van der Waals surface area contributed by atoms with Crippen LogP contribution in [0.5, 0.6) is 0 Å². The molecule has 2 aromatic carbocycles. The summed E-state index contributed by atoms with van der Waals surface area (Å²) in [6, 6.07) is 15.1. The van der Waals surface area contributed by atoms with Crippen LogP contribution in [0.4, 0.5) is 5.69 Å². The van der Waals surface area contributed by atoms with Crippen molar-refractivity contribution >= 4 is 50.9 Å². The van der Waals surface area contributed by atoms with Crippen LogP contribution in [0.3, 0.4) is 0 Å². The summed E-state index contributed by atoms with van der Waals surface area (Å²) in [4.78, 5) is 16.8. The lowest BCUT2D eigenvalue weighted by Gasteiger charge is -2.12. The average molecular weight is 481 g/mol. The SMILES string of the molecule is COCCn1c(-c2ccc(Br)cc2)cnc1SCC(=O)Nc1cccc(Cl)c1. The highest BCUT2D eigenvalue weighted by Crippen LogP contribution is 2.27. The zero-order chi connectivity index (χ0) is 19.9. The number of carbonyl (C=O) groups is 1. The molecule has 3 rings (SSSR count). The smallest absolute Gasteiger partial charge is 0.234 e. The molecule has 1 heterocycles. The molecule has 0 aliphatic heterocycles. The highest BCUT2D eigenvalue weighted by atomic mass is 79.9. The predicted octanol–water partition coefficient (Wildman–Crippen LogP) is 5.34. The first-order valence-corrected chi connectivity index (χ1v) is 10.7. The number of nitrogens with zero attached hydrogens (tertiary/aromatic N) is 2. The van der Waals surface area contributed by atoms with Gasteiger partial charge in [-0.05, 0) is 35.9 Å². The van der Waals surface area contributed by atoms with Crippen molar-refractivity contribution in [2.45, 2.75) is 11.7 Å². The van der Waals surface area contributed by atoms with Crippen LogP contribution in [0.15, 0.2) is 64.4 Å². The Morgan fingerprint density at radius 3 is 2.79 bits per heavy atom. The van der Waals surface area contributed by atoms with Crippen molar-refractivity contribution in [2.75, 3.05) is 24.8 Å². The Hall–Kier alpha value is -1.80. The minimum atomic E-state index is -0.112. The molecule has 0 spiro atoms. The number of benzene rings is 2. The molecule has 0 atom stereocenters. The molecule has 0 unspecified atom stereocenters. The average Bonchev–Trinajstić information content (AvgIpc) is 3.08. The van der Waals surface area contributed by atoms with E-state index in [0.717, 1.165) is 20.9 Å². The number of thioether (sulfide) groups is 1. The van der Waals surface area contributed by atoms with E-state index >= 15 is 0 Å². The van der Waals surface area contributed by atoms with Crippen LogP contribution in [0, 0.1) is 0 Å². The molecule has 0 bridgehead atoms. The molecule has 146 valence electrons. The van der Waals surface area contributed by atoms with Crippen molar-refractivity contribution in [2.24, 2.45) is 0 Å². The summed E-state index contributed by atoms with van der Waals surface area (Å²) in [6.07, 6.45) is 1.83. The first-order valence-electron chi connectivity index (χ1n) is 8.55. The van der Waals surface area contributed by atoms with Gasteiger partial charge in [0.15, 0.2) is 5.16 Å². The third kappa shape index (κ3) is 5.61. The highest BCUT2D eigenvalue weighted by Gasteiger charge is 2.14. The lowest BCUT2D eigenvalue weighted by atomic mass is 10.2. The Morgan fingerprint density at radius 2 is 2.07 bits per heavy atom. The van der Waals surface area contributed by atoms with Gasteiger partial charge in [0.05, 0.1) is 24.3 Å². The third-order valence-corrected chi connectivity index (χ3v) is 5.67. The van der Waals surface area contributed by atoms with E-state index in [0.29, 0.717) is 23.9 Å². The second-order valence-electron chi connectivity index (χ2n) is 5.92. The van der Waals surface area contributed by atoms with Gasteiger partial charge in [0.25, 0.3) is 0 Å². The molecule has 3 aromatic rings. The fourth-order valence-corrected chi connectivity index (χ4v) is 3.88. The van der Waals surface area contributed by atoms with E-state index in [4.69, 9.17) is 16.3 Å². The molecule has 28 heavy (non-hydrogen) atoms.